The third-order valence-electron chi connectivity index (χ3n) is 3.57. The summed E-state index contributed by atoms with van der Waals surface area (Å²) in [6.07, 6.45) is 2.78. The van der Waals surface area contributed by atoms with Crippen molar-refractivity contribution in [2.24, 2.45) is 5.92 Å². The van der Waals surface area contributed by atoms with Crippen LogP contribution in [0.5, 0.6) is 0 Å². The molecule has 0 aromatic carbocycles. The van der Waals surface area contributed by atoms with Crippen LogP contribution in [0.1, 0.15) is 47.0 Å². The second-order valence-electron chi connectivity index (χ2n) is 5.35. The van der Waals surface area contributed by atoms with Crippen LogP contribution < -0.4 is 0 Å². The van der Waals surface area contributed by atoms with E-state index in [2.05, 4.69) is 20.8 Å². The van der Waals surface area contributed by atoms with E-state index in [1.54, 1.807) is 0 Å². The monoisotopic (exact) mass is 258 g/mol. The van der Waals surface area contributed by atoms with E-state index in [1.807, 2.05) is 6.92 Å². The summed E-state index contributed by atoms with van der Waals surface area (Å²) in [5.41, 5.74) is 0.0627. The van der Waals surface area contributed by atoms with Gasteiger partial charge in [-0.25, -0.2) is 0 Å². The maximum Gasteiger partial charge on any atom is 0.308 e. The molecular weight excluding hydrogens is 232 g/mol. The van der Waals surface area contributed by atoms with E-state index < -0.39 is 0 Å². The topological polar surface area (TPSA) is 48.1 Å². The first-order valence-corrected chi connectivity index (χ1v) is 6.89. The van der Waals surface area contributed by atoms with Crippen molar-refractivity contribution in [2.45, 2.75) is 58.7 Å². The Labute approximate surface area is 110 Å². The van der Waals surface area contributed by atoms with Crippen LogP contribution in [-0.4, -0.2) is 37.5 Å². The van der Waals surface area contributed by atoms with Crippen LogP contribution >= 0.6 is 0 Å². The Hall–Kier alpha value is -0.610. The fourth-order valence-electron chi connectivity index (χ4n) is 1.86. The average Bonchev–Trinajstić information content (AvgIpc) is 2.93. The summed E-state index contributed by atoms with van der Waals surface area (Å²) in [6.45, 7) is 9.83. The molecule has 3 unspecified atom stereocenters. The van der Waals surface area contributed by atoms with E-state index in [4.69, 9.17) is 14.2 Å². The van der Waals surface area contributed by atoms with E-state index in [0.29, 0.717) is 38.3 Å². The van der Waals surface area contributed by atoms with Gasteiger partial charge in [0.15, 0.2) is 0 Å². The molecule has 0 spiro atoms. The zero-order valence-electron chi connectivity index (χ0n) is 12.0. The highest BCUT2D eigenvalue weighted by Crippen LogP contribution is 2.40. The largest absolute Gasteiger partial charge is 0.465 e. The number of ether oxygens (including phenoxy) is 3. The van der Waals surface area contributed by atoms with Crippen LogP contribution in [0.15, 0.2) is 0 Å². The number of carbonyl (C=O) groups is 1. The van der Waals surface area contributed by atoms with Gasteiger partial charge in [0.2, 0.25) is 0 Å². The molecule has 0 radical (unpaired) electrons. The number of hydrogen-bond donors (Lipinski definition) is 0. The quantitative estimate of drug-likeness (QED) is 0.362. The lowest BCUT2D eigenvalue weighted by molar-refractivity contribution is -0.146. The highest BCUT2D eigenvalue weighted by molar-refractivity contribution is 5.69. The molecule has 0 aromatic heterocycles. The lowest BCUT2D eigenvalue weighted by atomic mass is 9.96. The van der Waals surface area contributed by atoms with E-state index in [9.17, 15) is 4.79 Å². The van der Waals surface area contributed by atoms with Crippen molar-refractivity contribution in [3.05, 3.63) is 0 Å². The van der Waals surface area contributed by atoms with Gasteiger partial charge in [-0.15, -0.1) is 0 Å². The molecule has 1 heterocycles. The van der Waals surface area contributed by atoms with Gasteiger partial charge in [0.05, 0.1) is 31.3 Å². The number of carbonyl (C=O) groups excluding carboxylic acids is 1. The molecule has 1 aliphatic heterocycles. The van der Waals surface area contributed by atoms with Crippen molar-refractivity contribution in [1.82, 2.24) is 0 Å². The minimum atomic E-state index is -0.169. The summed E-state index contributed by atoms with van der Waals surface area (Å²) < 4.78 is 15.8. The molecule has 1 fully saturated rings. The Kier molecular flexibility index (Phi) is 6.09. The van der Waals surface area contributed by atoms with Crippen LogP contribution in [-0.2, 0) is 19.0 Å². The molecule has 3 atom stereocenters. The molecule has 0 aliphatic carbocycles. The second-order valence-corrected chi connectivity index (χ2v) is 5.35. The maximum absolute atomic E-state index is 11.4. The predicted molar refractivity (Wildman–Crippen MR) is 69.4 cm³/mol. The zero-order chi connectivity index (χ0) is 13.6. The van der Waals surface area contributed by atoms with Gasteiger partial charge in [-0.05, 0) is 39.5 Å². The van der Waals surface area contributed by atoms with Gasteiger partial charge in [0.1, 0.15) is 0 Å². The number of rotatable bonds is 9. The van der Waals surface area contributed by atoms with Gasteiger partial charge in [-0.3, -0.25) is 4.79 Å². The summed E-state index contributed by atoms with van der Waals surface area (Å²) in [5.74, 6) is 0.215. The predicted octanol–water partition coefficient (Wildman–Crippen LogP) is 2.55. The van der Waals surface area contributed by atoms with Crippen molar-refractivity contribution in [2.75, 3.05) is 19.8 Å². The standard InChI is InChI=1S/C14H26O4/c1-5-16-9-7-13(15)17-10-11(2)6-8-14(4)12(3)18-14/h11-12H,5-10H2,1-4H3. The zero-order valence-corrected chi connectivity index (χ0v) is 12.0. The summed E-state index contributed by atoms with van der Waals surface area (Å²) in [6, 6.07) is 0. The normalized spacial score (nSPS) is 27.9. The minimum Gasteiger partial charge on any atom is -0.465 e. The van der Waals surface area contributed by atoms with Gasteiger partial charge < -0.3 is 14.2 Å². The highest BCUT2D eigenvalue weighted by atomic mass is 16.6. The Morgan fingerprint density at radius 1 is 1.50 bits per heavy atom. The molecule has 4 heteroatoms. The van der Waals surface area contributed by atoms with E-state index in [1.165, 1.54) is 0 Å². The first-order chi connectivity index (χ1) is 8.48. The molecule has 0 amide bonds. The number of hydrogen-bond acceptors (Lipinski definition) is 4. The van der Waals surface area contributed by atoms with Crippen LogP contribution in [0.3, 0.4) is 0 Å². The molecule has 0 bridgehead atoms. The van der Waals surface area contributed by atoms with Crippen LogP contribution in [0.2, 0.25) is 0 Å². The maximum atomic E-state index is 11.4. The Bertz CT molecular complexity index is 267. The SMILES string of the molecule is CCOCCC(=O)OCC(C)CCC1(C)OC1C. The number of esters is 1. The van der Waals surface area contributed by atoms with Crippen molar-refractivity contribution in [3.8, 4) is 0 Å². The third-order valence-corrected chi connectivity index (χ3v) is 3.57. The summed E-state index contributed by atoms with van der Waals surface area (Å²) in [7, 11) is 0. The van der Waals surface area contributed by atoms with Crippen LogP contribution in [0.4, 0.5) is 0 Å². The fraction of sp³-hybridized carbons (Fsp3) is 0.929. The lowest BCUT2D eigenvalue weighted by Gasteiger charge is -2.13. The van der Waals surface area contributed by atoms with Gasteiger partial charge >= 0.3 is 5.97 Å². The fourth-order valence-corrected chi connectivity index (χ4v) is 1.86. The van der Waals surface area contributed by atoms with E-state index >= 15 is 0 Å². The Balaban J connectivity index is 2.02. The first-order valence-electron chi connectivity index (χ1n) is 6.89. The lowest BCUT2D eigenvalue weighted by Crippen LogP contribution is -2.16. The van der Waals surface area contributed by atoms with Crippen LogP contribution in [0.25, 0.3) is 0 Å². The average molecular weight is 258 g/mol. The molecule has 18 heavy (non-hydrogen) atoms. The van der Waals surface area contributed by atoms with Crippen LogP contribution in [0, 0.1) is 5.92 Å². The number of epoxide rings is 1. The summed E-state index contributed by atoms with van der Waals surface area (Å²) in [5, 5.41) is 0. The first kappa shape index (κ1) is 15.4. The van der Waals surface area contributed by atoms with Gasteiger partial charge in [0, 0.05) is 6.61 Å². The van der Waals surface area contributed by atoms with Crippen molar-refractivity contribution in [1.29, 1.82) is 0 Å². The van der Waals surface area contributed by atoms with Gasteiger partial charge in [-0.2, -0.15) is 0 Å². The highest BCUT2D eigenvalue weighted by Gasteiger charge is 2.48. The van der Waals surface area contributed by atoms with E-state index in [0.717, 1.165) is 12.8 Å². The molecule has 0 N–H and O–H groups in total. The van der Waals surface area contributed by atoms with Crippen molar-refractivity contribution in [3.63, 3.8) is 0 Å². The Morgan fingerprint density at radius 2 is 2.17 bits per heavy atom. The molecule has 1 rings (SSSR count). The molecule has 1 aliphatic rings. The molecule has 0 saturated carbocycles. The summed E-state index contributed by atoms with van der Waals surface area (Å²) >= 11 is 0. The van der Waals surface area contributed by atoms with Gasteiger partial charge in [-0.1, -0.05) is 6.92 Å². The van der Waals surface area contributed by atoms with Gasteiger partial charge in [0.25, 0.3) is 0 Å². The molecule has 106 valence electrons. The van der Waals surface area contributed by atoms with Crippen molar-refractivity contribution >= 4 is 5.97 Å². The second kappa shape index (κ2) is 7.10. The smallest absolute Gasteiger partial charge is 0.308 e. The molecule has 0 aromatic rings. The molecule has 4 nitrogen and oxygen atoms in total. The minimum absolute atomic E-state index is 0.0627. The Morgan fingerprint density at radius 3 is 2.72 bits per heavy atom. The third kappa shape index (κ3) is 5.36. The van der Waals surface area contributed by atoms with Crippen molar-refractivity contribution < 1.29 is 19.0 Å². The summed E-state index contributed by atoms with van der Waals surface area (Å²) in [4.78, 5) is 11.4. The molecular formula is C14H26O4. The molecule has 1 saturated heterocycles. The van der Waals surface area contributed by atoms with E-state index in [-0.39, 0.29) is 11.6 Å².